The van der Waals surface area contributed by atoms with Crippen LogP contribution in [0.15, 0.2) is 40.9 Å². The molecular weight excluding hydrogens is 336 g/mol. The summed E-state index contributed by atoms with van der Waals surface area (Å²) in [7, 11) is 0. The van der Waals surface area contributed by atoms with Gasteiger partial charge in [0.1, 0.15) is 0 Å². The van der Waals surface area contributed by atoms with Gasteiger partial charge in [-0.05, 0) is 48.9 Å². The van der Waals surface area contributed by atoms with Gasteiger partial charge in [-0.1, -0.05) is 15.9 Å². The van der Waals surface area contributed by atoms with E-state index in [-0.39, 0.29) is 5.56 Å². The summed E-state index contributed by atoms with van der Waals surface area (Å²) in [5.74, 6) is -1.52. The lowest BCUT2D eigenvalue weighted by Gasteiger charge is -2.12. The molecule has 21 heavy (non-hydrogen) atoms. The van der Waals surface area contributed by atoms with Crippen molar-refractivity contribution in [2.75, 3.05) is 5.32 Å². The predicted molar refractivity (Wildman–Crippen MR) is 84.1 cm³/mol. The second-order valence-electron chi connectivity index (χ2n) is 4.51. The molecule has 2 aromatic rings. The SMILES string of the molecule is Cc1cc(Nc2ccc(Br)cc2C(N)=O)ccc1C(=O)O. The van der Waals surface area contributed by atoms with Gasteiger partial charge in [0.2, 0.25) is 0 Å². The average Bonchev–Trinajstić information content (AvgIpc) is 2.40. The van der Waals surface area contributed by atoms with Gasteiger partial charge >= 0.3 is 5.97 Å². The number of benzene rings is 2. The number of hydrogen-bond donors (Lipinski definition) is 3. The summed E-state index contributed by atoms with van der Waals surface area (Å²) in [5, 5.41) is 12.1. The predicted octanol–water partition coefficient (Wildman–Crippen LogP) is 3.30. The molecular formula is C15H13BrN2O3. The first-order chi connectivity index (χ1) is 9.88. The van der Waals surface area contributed by atoms with Gasteiger partial charge in [-0.15, -0.1) is 0 Å². The van der Waals surface area contributed by atoms with E-state index in [9.17, 15) is 9.59 Å². The minimum atomic E-state index is -0.972. The quantitative estimate of drug-likeness (QED) is 0.790. The van der Waals surface area contributed by atoms with E-state index < -0.39 is 11.9 Å². The number of aryl methyl sites for hydroxylation is 1. The van der Waals surface area contributed by atoms with Crippen molar-refractivity contribution < 1.29 is 14.7 Å². The molecule has 0 heterocycles. The number of halogens is 1. The maximum absolute atomic E-state index is 11.5. The van der Waals surface area contributed by atoms with Gasteiger partial charge in [0.15, 0.2) is 0 Å². The Balaban J connectivity index is 2.37. The highest BCUT2D eigenvalue weighted by Crippen LogP contribution is 2.25. The molecule has 0 aliphatic heterocycles. The van der Waals surface area contributed by atoms with Crippen LogP contribution in [-0.4, -0.2) is 17.0 Å². The summed E-state index contributed by atoms with van der Waals surface area (Å²) in [6.07, 6.45) is 0. The number of carbonyl (C=O) groups excluding carboxylic acids is 1. The third-order valence-corrected chi connectivity index (χ3v) is 3.48. The highest BCUT2D eigenvalue weighted by molar-refractivity contribution is 9.10. The average molecular weight is 349 g/mol. The fraction of sp³-hybridized carbons (Fsp3) is 0.0667. The number of carbonyl (C=O) groups is 2. The molecule has 108 valence electrons. The third-order valence-electron chi connectivity index (χ3n) is 2.98. The molecule has 4 N–H and O–H groups in total. The molecule has 0 saturated heterocycles. The van der Waals surface area contributed by atoms with Crippen molar-refractivity contribution in [1.82, 2.24) is 0 Å². The van der Waals surface area contributed by atoms with E-state index in [1.165, 1.54) is 6.07 Å². The van der Waals surface area contributed by atoms with Crippen LogP contribution in [0.5, 0.6) is 0 Å². The largest absolute Gasteiger partial charge is 0.478 e. The minimum Gasteiger partial charge on any atom is -0.478 e. The normalized spacial score (nSPS) is 10.2. The first-order valence-electron chi connectivity index (χ1n) is 6.09. The second kappa shape index (κ2) is 5.97. The van der Waals surface area contributed by atoms with Crippen molar-refractivity contribution in [3.05, 3.63) is 57.6 Å². The van der Waals surface area contributed by atoms with Crippen LogP contribution in [0.4, 0.5) is 11.4 Å². The molecule has 0 aliphatic rings. The van der Waals surface area contributed by atoms with Crippen LogP contribution < -0.4 is 11.1 Å². The van der Waals surface area contributed by atoms with E-state index in [4.69, 9.17) is 10.8 Å². The fourth-order valence-electron chi connectivity index (χ4n) is 1.97. The van der Waals surface area contributed by atoms with Gasteiger partial charge in [0, 0.05) is 10.2 Å². The zero-order valence-corrected chi connectivity index (χ0v) is 12.8. The molecule has 2 rings (SSSR count). The van der Waals surface area contributed by atoms with Crippen LogP contribution in [0.3, 0.4) is 0 Å². The Morgan fingerprint density at radius 3 is 2.43 bits per heavy atom. The van der Waals surface area contributed by atoms with Gasteiger partial charge in [-0.25, -0.2) is 4.79 Å². The minimum absolute atomic E-state index is 0.242. The summed E-state index contributed by atoms with van der Waals surface area (Å²) in [6, 6.07) is 10.0. The number of primary amides is 1. The number of carboxylic acid groups (broad SMARTS) is 1. The van der Waals surface area contributed by atoms with Crippen molar-refractivity contribution in [2.45, 2.75) is 6.92 Å². The molecule has 0 unspecified atom stereocenters. The Morgan fingerprint density at radius 2 is 1.86 bits per heavy atom. The smallest absolute Gasteiger partial charge is 0.335 e. The van der Waals surface area contributed by atoms with E-state index in [1.54, 1.807) is 37.3 Å². The van der Waals surface area contributed by atoms with E-state index in [1.807, 2.05) is 0 Å². The van der Waals surface area contributed by atoms with Crippen LogP contribution >= 0.6 is 15.9 Å². The monoisotopic (exact) mass is 348 g/mol. The zero-order chi connectivity index (χ0) is 15.6. The number of anilines is 2. The highest BCUT2D eigenvalue weighted by Gasteiger charge is 2.11. The van der Waals surface area contributed by atoms with Gasteiger partial charge in [-0.2, -0.15) is 0 Å². The van der Waals surface area contributed by atoms with Crippen molar-refractivity contribution in [3.63, 3.8) is 0 Å². The highest BCUT2D eigenvalue weighted by atomic mass is 79.9. The third kappa shape index (κ3) is 3.41. The lowest BCUT2D eigenvalue weighted by Crippen LogP contribution is -2.13. The molecule has 0 spiro atoms. The molecule has 2 aromatic carbocycles. The number of carboxylic acids is 1. The number of rotatable bonds is 4. The maximum atomic E-state index is 11.5. The first-order valence-corrected chi connectivity index (χ1v) is 6.88. The van der Waals surface area contributed by atoms with Crippen LogP contribution in [0, 0.1) is 6.92 Å². The lowest BCUT2D eigenvalue weighted by molar-refractivity contribution is 0.0696. The Morgan fingerprint density at radius 1 is 1.14 bits per heavy atom. The lowest BCUT2D eigenvalue weighted by atomic mass is 10.1. The number of nitrogens with two attached hydrogens (primary N) is 1. The van der Waals surface area contributed by atoms with E-state index in [2.05, 4.69) is 21.2 Å². The standard InChI is InChI=1S/C15H13BrN2O3/c1-8-6-10(3-4-11(8)15(20)21)18-13-5-2-9(16)7-12(13)14(17)19/h2-7,18H,1H3,(H2,17,19)(H,20,21). The second-order valence-corrected chi connectivity index (χ2v) is 5.43. The van der Waals surface area contributed by atoms with Gasteiger partial charge in [0.25, 0.3) is 5.91 Å². The summed E-state index contributed by atoms with van der Waals surface area (Å²) in [4.78, 5) is 22.4. The van der Waals surface area contributed by atoms with Gasteiger partial charge in [-0.3, -0.25) is 4.79 Å². The molecule has 0 saturated carbocycles. The molecule has 0 atom stereocenters. The summed E-state index contributed by atoms with van der Waals surface area (Å²) in [5.41, 5.74) is 7.82. The number of aromatic carboxylic acids is 1. The van der Waals surface area contributed by atoms with Crippen molar-refractivity contribution in [2.24, 2.45) is 5.73 Å². The Bertz CT molecular complexity index is 729. The van der Waals surface area contributed by atoms with E-state index >= 15 is 0 Å². The molecule has 0 fully saturated rings. The molecule has 0 radical (unpaired) electrons. The number of hydrogen-bond acceptors (Lipinski definition) is 3. The number of nitrogens with one attached hydrogen (secondary N) is 1. The molecule has 1 amide bonds. The molecule has 0 bridgehead atoms. The van der Waals surface area contributed by atoms with Crippen LogP contribution in [0.1, 0.15) is 26.3 Å². The number of amides is 1. The molecule has 6 heteroatoms. The summed E-state index contributed by atoms with van der Waals surface area (Å²) >= 11 is 3.29. The fourth-order valence-corrected chi connectivity index (χ4v) is 2.33. The van der Waals surface area contributed by atoms with E-state index in [0.29, 0.717) is 22.5 Å². The molecule has 0 aromatic heterocycles. The van der Waals surface area contributed by atoms with Crippen LogP contribution in [0.2, 0.25) is 0 Å². The Labute approximate surface area is 129 Å². The van der Waals surface area contributed by atoms with Crippen molar-refractivity contribution in [3.8, 4) is 0 Å². The molecule has 5 nitrogen and oxygen atoms in total. The van der Waals surface area contributed by atoms with Crippen molar-refractivity contribution >= 4 is 39.2 Å². The summed E-state index contributed by atoms with van der Waals surface area (Å²) < 4.78 is 0.749. The first kappa shape index (κ1) is 15.1. The van der Waals surface area contributed by atoms with Crippen LogP contribution in [0.25, 0.3) is 0 Å². The van der Waals surface area contributed by atoms with Crippen molar-refractivity contribution in [1.29, 1.82) is 0 Å². The topological polar surface area (TPSA) is 92.4 Å². The van der Waals surface area contributed by atoms with E-state index in [0.717, 1.165) is 4.47 Å². The summed E-state index contributed by atoms with van der Waals surface area (Å²) in [6.45, 7) is 1.71. The van der Waals surface area contributed by atoms with Crippen LogP contribution in [-0.2, 0) is 0 Å². The maximum Gasteiger partial charge on any atom is 0.335 e. The van der Waals surface area contributed by atoms with Gasteiger partial charge < -0.3 is 16.2 Å². The Hall–Kier alpha value is -2.34. The zero-order valence-electron chi connectivity index (χ0n) is 11.2. The van der Waals surface area contributed by atoms with Gasteiger partial charge in [0.05, 0.1) is 16.8 Å². The Kier molecular flexibility index (Phi) is 4.28. The molecule has 0 aliphatic carbocycles.